The number of aromatic nitrogens is 2. The van der Waals surface area contributed by atoms with Crippen LogP contribution in [0.5, 0.6) is 0 Å². The molecule has 0 radical (unpaired) electrons. The van der Waals surface area contributed by atoms with Gasteiger partial charge in [0.25, 0.3) is 0 Å². The largest absolute Gasteiger partial charge is 0.478 e. The van der Waals surface area contributed by atoms with Gasteiger partial charge in [-0.25, -0.2) is 9.78 Å². The van der Waals surface area contributed by atoms with Crippen molar-refractivity contribution in [3.63, 3.8) is 0 Å². The lowest BCUT2D eigenvalue weighted by Crippen LogP contribution is -2.24. The Morgan fingerprint density at radius 2 is 2.10 bits per heavy atom. The zero-order chi connectivity index (χ0) is 15.2. The number of carboxylic acids is 1. The van der Waals surface area contributed by atoms with Crippen LogP contribution in [0.2, 0.25) is 0 Å². The second-order valence-corrected chi connectivity index (χ2v) is 7.10. The lowest BCUT2D eigenvalue weighted by atomic mass is 9.85. The first-order valence-electron chi connectivity index (χ1n) is 7.60. The van der Waals surface area contributed by atoms with E-state index in [2.05, 4.69) is 25.3 Å². The highest BCUT2D eigenvalue weighted by atomic mass is 16.4. The van der Waals surface area contributed by atoms with Crippen molar-refractivity contribution in [3.05, 3.63) is 29.6 Å². The summed E-state index contributed by atoms with van der Waals surface area (Å²) in [5.41, 5.74) is 2.10. The van der Waals surface area contributed by atoms with Gasteiger partial charge in [-0.3, -0.25) is 0 Å². The Hall–Kier alpha value is -1.84. The minimum absolute atomic E-state index is 0.0495. The highest BCUT2D eigenvalue weighted by Gasteiger charge is 2.26. The topological polar surface area (TPSA) is 55.1 Å². The summed E-state index contributed by atoms with van der Waals surface area (Å²) in [7, 11) is 0. The van der Waals surface area contributed by atoms with Crippen molar-refractivity contribution in [2.24, 2.45) is 5.92 Å². The number of nitrogens with zero attached hydrogens (tertiary/aromatic N) is 2. The second kappa shape index (κ2) is 4.86. The maximum atomic E-state index is 11.1. The molecule has 1 aliphatic carbocycles. The predicted molar refractivity (Wildman–Crippen MR) is 82.7 cm³/mol. The van der Waals surface area contributed by atoms with E-state index in [4.69, 9.17) is 10.1 Å². The van der Waals surface area contributed by atoms with Gasteiger partial charge in [0.05, 0.1) is 16.6 Å². The maximum absolute atomic E-state index is 11.1. The van der Waals surface area contributed by atoms with Crippen molar-refractivity contribution in [3.8, 4) is 0 Å². The smallest absolute Gasteiger partial charge is 0.335 e. The molecule has 112 valence electrons. The summed E-state index contributed by atoms with van der Waals surface area (Å²) in [5, 5.41) is 9.14. The molecular weight excluding hydrogens is 264 g/mol. The molecule has 0 spiro atoms. The fraction of sp³-hybridized carbons (Fsp3) is 0.529. The molecule has 1 aromatic heterocycles. The number of carboxylic acid groups (broad SMARTS) is 1. The first kappa shape index (κ1) is 14.1. The fourth-order valence-corrected chi connectivity index (χ4v) is 2.95. The van der Waals surface area contributed by atoms with E-state index in [1.54, 1.807) is 12.1 Å². The summed E-state index contributed by atoms with van der Waals surface area (Å²) in [6.07, 6.45) is 3.90. The maximum Gasteiger partial charge on any atom is 0.335 e. The van der Waals surface area contributed by atoms with Gasteiger partial charge in [-0.15, -0.1) is 0 Å². The summed E-state index contributed by atoms with van der Waals surface area (Å²) < 4.78 is 2.30. The first-order chi connectivity index (χ1) is 9.86. The monoisotopic (exact) mass is 286 g/mol. The number of aromatic carboxylic acids is 1. The number of carbonyl (C=O) groups is 1. The molecule has 0 unspecified atom stereocenters. The molecule has 0 atom stereocenters. The van der Waals surface area contributed by atoms with Crippen LogP contribution in [0.15, 0.2) is 18.2 Å². The Kier molecular flexibility index (Phi) is 3.27. The van der Waals surface area contributed by atoms with E-state index in [0.717, 1.165) is 29.3 Å². The Morgan fingerprint density at radius 3 is 2.62 bits per heavy atom. The zero-order valence-electron chi connectivity index (χ0n) is 12.9. The van der Waals surface area contributed by atoms with Crippen LogP contribution >= 0.6 is 0 Å². The number of fused-ring (bicyclic) bond motifs is 1. The molecule has 0 saturated heterocycles. The van der Waals surface area contributed by atoms with E-state index in [1.165, 1.54) is 19.3 Å². The standard InChI is InChI=1S/C17H22N2O2/c1-17(2,3)16-18-13-9-12(15(20)21)7-8-14(13)19(16)10-11-5-4-6-11/h7-9,11H,4-6,10H2,1-3H3,(H,20,21). The number of hydrogen-bond acceptors (Lipinski definition) is 2. The quantitative estimate of drug-likeness (QED) is 0.933. The Labute approximate surface area is 124 Å². The van der Waals surface area contributed by atoms with Gasteiger partial charge < -0.3 is 9.67 Å². The van der Waals surface area contributed by atoms with E-state index in [0.29, 0.717) is 5.56 Å². The van der Waals surface area contributed by atoms with Crippen LogP contribution in [-0.4, -0.2) is 20.6 Å². The third-order valence-electron chi connectivity index (χ3n) is 4.33. The summed E-state index contributed by atoms with van der Waals surface area (Å²) in [6, 6.07) is 5.26. The van der Waals surface area contributed by atoms with E-state index in [9.17, 15) is 4.79 Å². The number of hydrogen-bond donors (Lipinski definition) is 1. The van der Waals surface area contributed by atoms with Gasteiger partial charge in [0.1, 0.15) is 5.82 Å². The average Bonchev–Trinajstić information content (AvgIpc) is 2.71. The molecule has 0 amide bonds. The third-order valence-corrected chi connectivity index (χ3v) is 4.33. The molecule has 0 bridgehead atoms. The van der Waals surface area contributed by atoms with Crippen LogP contribution in [-0.2, 0) is 12.0 Å². The molecule has 4 heteroatoms. The van der Waals surface area contributed by atoms with Crippen LogP contribution in [0.25, 0.3) is 11.0 Å². The molecule has 1 N–H and O–H groups in total. The van der Waals surface area contributed by atoms with Crippen LogP contribution in [0, 0.1) is 5.92 Å². The molecule has 1 fully saturated rings. The number of benzene rings is 1. The predicted octanol–water partition coefficient (Wildman–Crippen LogP) is 3.83. The Balaban J connectivity index is 2.13. The lowest BCUT2D eigenvalue weighted by Gasteiger charge is -2.29. The Morgan fingerprint density at radius 1 is 1.38 bits per heavy atom. The summed E-state index contributed by atoms with van der Waals surface area (Å²) in [6.45, 7) is 7.46. The SMILES string of the molecule is CC(C)(C)c1nc2cc(C(=O)O)ccc2n1CC1CCC1. The van der Waals surface area contributed by atoms with Gasteiger partial charge in [0.15, 0.2) is 0 Å². The van der Waals surface area contributed by atoms with Gasteiger partial charge in [-0.05, 0) is 37.0 Å². The Bertz CT molecular complexity index is 691. The average molecular weight is 286 g/mol. The van der Waals surface area contributed by atoms with Gasteiger partial charge in [0, 0.05) is 12.0 Å². The highest BCUT2D eigenvalue weighted by Crippen LogP contribution is 2.33. The third kappa shape index (κ3) is 2.55. The van der Waals surface area contributed by atoms with Crippen molar-refractivity contribution < 1.29 is 9.90 Å². The molecular formula is C17H22N2O2. The van der Waals surface area contributed by atoms with Gasteiger partial charge in [-0.2, -0.15) is 0 Å². The number of imidazole rings is 1. The fourth-order valence-electron chi connectivity index (χ4n) is 2.95. The molecule has 2 aromatic rings. The molecule has 21 heavy (non-hydrogen) atoms. The summed E-state index contributed by atoms with van der Waals surface area (Å²) >= 11 is 0. The second-order valence-electron chi connectivity index (χ2n) is 7.10. The molecule has 1 saturated carbocycles. The minimum atomic E-state index is -0.900. The van der Waals surface area contributed by atoms with E-state index in [-0.39, 0.29) is 5.41 Å². The van der Waals surface area contributed by atoms with Crippen molar-refractivity contribution in [1.82, 2.24) is 9.55 Å². The van der Waals surface area contributed by atoms with Crippen molar-refractivity contribution in [1.29, 1.82) is 0 Å². The normalized spacial score (nSPS) is 16.1. The first-order valence-corrected chi connectivity index (χ1v) is 7.60. The van der Waals surface area contributed by atoms with Crippen LogP contribution in [0.4, 0.5) is 0 Å². The minimum Gasteiger partial charge on any atom is -0.478 e. The van der Waals surface area contributed by atoms with E-state index < -0.39 is 5.97 Å². The summed E-state index contributed by atoms with van der Waals surface area (Å²) in [5.74, 6) is 0.886. The van der Waals surface area contributed by atoms with Crippen LogP contribution in [0.3, 0.4) is 0 Å². The van der Waals surface area contributed by atoms with E-state index in [1.807, 2.05) is 6.07 Å². The van der Waals surface area contributed by atoms with E-state index >= 15 is 0 Å². The molecule has 1 heterocycles. The molecule has 1 aromatic carbocycles. The zero-order valence-corrected chi connectivity index (χ0v) is 12.9. The summed E-state index contributed by atoms with van der Waals surface area (Å²) in [4.78, 5) is 15.9. The van der Waals surface area contributed by atoms with Gasteiger partial charge >= 0.3 is 5.97 Å². The molecule has 4 nitrogen and oxygen atoms in total. The number of rotatable bonds is 3. The van der Waals surface area contributed by atoms with Gasteiger partial charge in [-0.1, -0.05) is 27.2 Å². The van der Waals surface area contributed by atoms with Crippen molar-refractivity contribution in [2.75, 3.05) is 0 Å². The molecule has 0 aliphatic heterocycles. The molecule has 3 rings (SSSR count). The van der Waals surface area contributed by atoms with Gasteiger partial charge in [0.2, 0.25) is 0 Å². The lowest BCUT2D eigenvalue weighted by molar-refractivity contribution is 0.0697. The van der Waals surface area contributed by atoms with Crippen LogP contribution in [0.1, 0.15) is 56.2 Å². The molecule has 1 aliphatic rings. The van der Waals surface area contributed by atoms with Crippen molar-refractivity contribution >= 4 is 17.0 Å². The highest BCUT2D eigenvalue weighted by molar-refractivity contribution is 5.92. The van der Waals surface area contributed by atoms with Crippen molar-refractivity contribution in [2.45, 2.75) is 52.0 Å². The van der Waals surface area contributed by atoms with Crippen LogP contribution < -0.4 is 0 Å².